The normalized spacial score (nSPS) is 23.4. The first kappa shape index (κ1) is 17.8. The van der Waals surface area contributed by atoms with Crippen LogP contribution >= 0.6 is 0 Å². The Hall–Kier alpha value is -1.58. The average molecular weight is 365 g/mol. The van der Waals surface area contributed by atoms with Crippen LogP contribution in [0.4, 0.5) is 8.78 Å². The summed E-state index contributed by atoms with van der Waals surface area (Å²) in [5.41, 5.74) is -2.14. The summed E-state index contributed by atoms with van der Waals surface area (Å²) in [6, 6.07) is 1.41. The molecular weight excluding hydrogens is 343 g/mol. The highest BCUT2D eigenvalue weighted by Gasteiger charge is 2.53. The number of rotatable bonds is 3. The first-order chi connectivity index (χ1) is 12.0. The van der Waals surface area contributed by atoms with Gasteiger partial charge in [0.15, 0.2) is 11.6 Å². The third-order valence-corrected chi connectivity index (χ3v) is 5.94. The predicted octanol–water partition coefficient (Wildman–Crippen LogP) is 1.92. The fraction of sp³-hybridized carbons (Fsp3) is 0.647. The van der Waals surface area contributed by atoms with Gasteiger partial charge in [-0.15, -0.1) is 5.10 Å². The van der Waals surface area contributed by atoms with Crippen molar-refractivity contribution < 1.29 is 23.2 Å². The predicted molar refractivity (Wildman–Crippen MR) is 92.0 cm³/mol. The van der Waals surface area contributed by atoms with Crippen molar-refractivity contribution in [1.82, 2.24) is 15.0 Å². The molecule has 0 spiro atoms. The first-order valence-corrected chi connectivity index (χ1v) is 8.82. The summed E-state index contributed by atoms with van der Waals surface area (Å²) in [5, 5.41) is 18.2. The van der Waals surface area contributed by atoms with Crippen LogP contribution in [0.15, 0.2) is 6.07 Å². The van der Waals surface area contributed by atoms with Crippen molar-refractivity contribution in [3.8, 4) is 0 Å². The molecule has 26 heavy (non-hydrogen) atoms. The van der Waals surface area contributed by atoms with Crippen LogP contribution < -0.4 is 5.46 Å². The van der Waals surface area contributed by atoms with E-state index in [0.717, 1.165) is 6.42 Å². The summed E-state index contributed by atoms with van der Waals surface area (Å²) in [7, 11) is -1.03. The Labute approximate surface area is 150 Å². The standard InChI is InChI=1S/C17H22BF2N3O3/c1-15(2)16(3,4)26-18(25-15)10-8-11-14(13(20)12(10)19)23(22-21-11)9-17(24)6-5-7-17/h8,24H,5-7,9H2,1-4H3. The van der Waals surface area contributed by atoms with Gasteiger partial charge in [-0.25, -0.2) is 13.5 Å². The molecule has 6 nitrogen and oxygen atoms in total. The third-order valence-electron chi connectivity index (χ3n) is 5.94. The van der Waals surface area contributed by atoms with E-state index in [2.05, 4.69) is 10.3 Å². The van der Waals surface area contributed by atoms with Crippen molar-refractivity contribution in [1.29, 1.82) is 0 Å². The Balaban J connectivity index is 1.74. The van der Waals surface area contributed by atoms with E-state index in [1.54, 1.807) is 0 Å². The molecule has 0 radical (unpaired) electrons. The van der Waals surface area contributed by atoms with E-state index in [1.165, 1.54) is 10.7 Å². The van der Waals surface area contributed by atoms with Crippen LogP contribution in [0.5, 0.6) is 0 Å². The lowest BCUT2D eigenvalue weighted by Gasteiger charge is -2.36. The van der Waals surface area contributed by atoms with Crippen LogP contribution in [-0.2, 0) is 15.9 Å². The molecule has 1 aliphatic carbocycles. The van der Waals surface area contributed by atoms with Gasteiger partial charge in [-0.05, 0) is 53.0 Å². The number of hydrogen-bond donors (Lipinski definition) is 1. The van der Waals surface area contributed by atoms with Crippen LogP contribution in [0.3, 0.4) is 0 Å². The van der Waals surface area contributed by atoms with Crippen molar-refractivity contribution in [3.63, 3.8) is 0 Å². The Kier molecular flexibility index (Phi) is 3.75. The lowest BCUT2D eigenvalue weighted by atomic mass is 9.78. The molecule has 1 saturated carbocycles. The summed E-state index contributed by atoms with van der Waals surface area (Å²) in [4.78, 5) is 0. The van der Waals surface area contributed by atoms with Gasteiger partial charge in [-0.1, -0.05) is 5.21 Å². The minimum absolute atomic E-state index is 0.0388. The van der Waals surface area contributed by atoms with Crippen LogP contribution in [0.2, 0.25) is 0 Å². The van der Waals surface area contributed by atoms with Gasteiger partial charge in [0.1, 0.15) is 11.0 Å². The van der Waals surface area contributed by atoms with Crippen molar-refractivity contribution in [3.05, 3.63) is 17.7 Å². The molecule has 2 aliphatic rings. The lowest BCUT2D eigenvalue weighted by Crippen LogP contribution is -2.41. The molecule has 1 aromatic heterocycles. The summed E-state index contributed by atoms with van der Waals surface area (Å²) in [5.74, 6) is -2.10. The van der Waals surface area contributed by atoms with E-state index in [-0.39, 0.29) is 23.0 Å². The molecule has 9 heteroatoms. The average Bonchev–Trinajstić information content (AvgIpc) is 2.99. The Morgan fingerprint density at radius 2 is 1.77 bits per heavy atom. The molecule has 0 atom stereocenters. The smallest absolute Gasteiger partial charge is 0.399 e. The van der Waals surface area contributed by atoms with Gasteiger partial charge in [0.05, 0.1) is 23.3 Å². The molecule has 2 fully saturated rings. The van der Waals surface area contributed by atoms with E-state index >= 15 is 0 Å². The van der Waals surface area contributed by atoms with Crippen LogP contribution in [0.25, 0.3) is 11.0 Å². The Morgan fingerprint density at radius 1 is 1.15 bits per heavy atom. The minimum Gasteiger partial charge on any atom is -0.399 e. The van der Waals surface area contributed by atoms with E-state index in [0.29, 0.717) is 12.8 Å². The minimum atomic E-state index is -1.06. The fourth-order valence-electron chi connectivity index (χ4n) is 3.36. The van der Waals surface area contributed by atoms with Crippen LogP contribution in [0, 0.1) is 11.6 Å². The number of benzene rings is 1. The second-order valence-corrected chi connectivity index (χ2v) is 8.37. The molecule has 2 heterocycles. The van der Waals surface area contributed by atoms with Gasteiger partial charge in [-0.2, -0.15) is 0 Å². The highest BCUT2D eigenvalue weighted by Crippen LogP contribution is 2.37. The zero-order chi connectivity index (χ0) is 18.9. The molecular formula is C17H22BF2N3O3. The van der Waals surface area contributed by atoms with Gasteiger partial charge >= 0.3 is 7.12 Å². The quantitative estimate of drug-likeness (QED) is 0.842. The molecule has 0 amide bonds. The third kappa shape index (κ3) is 2.56. The maximum atomic E-state index is 14.8. The number of halogens is 2. The summed E-state index contributed by atoms with van der Waals surface area (Å²) < 4.78 is 42.5. The summed E-state index contributed by atoms with van der Waals surface area (Å²) in [6.07, 6.45) is 2.14. The topological polar surface area (TPSA) is 69.4 Å². The number of aromatic nitrogens is 3. The SMILES string of the molecule is CC1(C)OB(c2cc3nnn(CC4(O)CCC4)c3c(F)c2F)OC1(C)C. The lowest BCUT2D eigenvalue weighted by molar-refractivity contribution is -0.0493. The molecule has 1 aliphatic heterocycles. The summed E-state index contributed by atoms with van der Waals surface area (Å²) in [6.45, 7) is 7.46. The van der Waals surface area contributed by atoms with Gasteiger partial charge in [0.25, 0.3) is 0 Å². The summed E-state index contributed by atoms with van der Waals surface area (Å²) >= 11 is 0. The van der Waals surface area contributed by atoms with Crippen LogP contribution in [-0.4, -0.2) is 44.0 Å². The van der Waals surface area contributed by atoms with E-state index in [9.17, 15) is 13.9 Å². The highest BCUT2D eigenvalue weighted by atomic mass is 19.2. The zero-order valence-corrected chi connectivity index (χ0v) is 15.3. The zero-order valence-electron chi connectivity index (χ0n) is 15.3. The number of aliphatic hydroxyl groups is 1. The van der Waals surface area contributed by atoms with E-state index in [4.69, 9.17) is 9.31 Å². The Bertz CT molecular complexity index is 864. The van der Waals surface area contributed by atoms with Crippen molar-refractivity contribution in [2.45, 2.75) is 70.3 Å². The number of fused-ring (bicyclic) bond motifs is 1. The molecule has 0 bridgehead atoms. The maximum Gasteiger partial charge on any atom is 0.498 e. The molecule has 1 N–H and O–H groups in total. The van der Waals surface area contributed by atoms with Crippen molar-refractivity contribution >= 4 is 23.6 Å². The molecule has 4 rings (SSSR count). The Morgan fingerprint density at radius 3 is 2.31 bits per heavy atom. The molecule has 140 valence electrons. The van der Waals surface area contributed by atoms with E-state index < -0.39 is 35.6 Å². The van der Waals surface area contributed by atoms with Gasteiger partial charge in [0.2, 0.25) is 0 Å². The van der Waals surface area contributed by atoms with Gasteiger partial charge < -0.3 is 14.4 Å². The van der Waals surface area contributed by atoms with Crippen molar-refractivity contribution in [2.75, 3.05) is 0 Å². The molecule has 0 unspecified atom stereocenters. The fourth-order valence-corrected chi connectivity index (χ4v) is 3.36. The molecule has 2 aromatic rings. The van der Waals surface area contributed by atoms with Crippen molar-refractivity contribution in [2.24, 2.45) is 0 Å². The number of nitrogens with zero attached hydrogens (tertiary/aromatic N) is 3. The van der Waals surface area contributed by atoms with Crippen LogP contribution in [0.1, 0.15) is 47.0 Å². The highest BCUT2D eigenvalue weighted by molar-refractivity contribution is 6.62. The largest absolute Gasteiger partial charge is 0.498 e. The number of hydrogen-bond acceptors (Lipinski definition) is 5. The second kappa shape index (κ2) is 5.47. The molecule has 1 saturated heterocycles. The molecule has 1 aromatic carbocycles. The first-order valence-electron chi connectivity index (χ1n) is 8.82. The second-order valence-electron chi connectivity index (χ2n) is 8.37. The maximum absolute atomic E-state index is 14.8. The monoisotopic (exact) mass is 365 g/mol. The van der Waals surface area contributed by atoms with Gasteiger partial charge in [-0.3, -0.25) is 0 Å². The van der Waals surface area contributed by atoms with Gasteiger partial charge in [0, 0.05) is 5.46 Å². The van der Waals surface area contributed by atoms with E-state index in [1.807, 2.05) is 27.7 Å².